The molecule has 0 aliphatic rings. The van der Waals surface area contributed by atoms with Gasteiger partial charge in [-0.05, 0) is 25.2 Å². The maximum atomic E-state index is 11.6. The van der Waals surface area contributed by atoms with Crippen LogP contribution in [0.5, 0.6) is 0 Å². The Morgan fingerprint density at radius 2 is 1.89 bits per heavy atom. The lowest BCUT2D eigenvalue weighted by Gasteiger charge is -2.14. The number of hydrogen-bond acceptors (Lipinski definition) is 3. The van der Waals surface area contributed by atoms with Crippen molar-refractivity contribution in [2.75, 3.05) is 19.7 Å². The fourth-order valence-electron chi connectivity index (χ4n) is 1.83. The SMILES string of the molecule is CCC(CCO)CNC(=O)CCCCCNC(C)=O. The lowest BCUT2D eigenvalue weighted by atomic mass is 10.0. The Hall–Kier alpha value is -1.10. The van der Waals surface area contributed by atoms with Crippen molar-refractivity contribution in [2.45, 2.75) is 52.4 Å². The number of aliphatic hydroxyl groups excluding tert-OH is 1. The first-order valence-corrected chi connectivity index (χ1v) is 7.22. The van der Waals surface area contributed by atoms with E-state index in [0.29, 0.717) is 25.4 Å². The number of hydrogen-bond donors (Lipinski definition) is 3. The largest absolute Gasteiger partial charge is 0.396 e. The zero-order valence-corrected chi connectivity index (χ0v) is 12.2. The van der Waals surface area contributed by atoms with Gasteiger partial charge in [-0.3, -0.25) is 9.59 Å². The van der Waals surface area contributed by atoms with E-state index in [-0.39, 0.29) is 18.4 Å². The van der Waals surface area contributed by atoms with Gasteiger partial charge in [0.05, 0.1) is 0 Å². The Morgan fingerprint density at radius 3 is 2.47 bits per heavy atom. The molecule has 0 spiro atoms. The number of rotatable bonds is 11. The molecule has 0 fully saturated rings. The van der Waals surface area contributed by atoms with Crippen LogP contribution < -0.4 is 10.6 Å². The third kappa shape index (κ3) is 11.7. The summed E-state index contributed by atoms with van der Waals surface area (Å²) in [4.78, 5) is 22.2. The lowest BCUT2D eigenvalue weighted by molar-refractivity contribution is -0.121. The molecule has 5 nitrogen and oxygen atoms in total. The van der Waals surface area contributed by atoms with E-state index < -0.39 is 0 Å². The van der Waals surface area contributed by atoms with E-state index in [1.807, 2.05) is 0 Å². The van der Waals surface area contributed by atoms with E-state index in [0.717, 1.165) is 32.1 Å². The van der Waals surface area contributed by atoms with Gasteiger partial charge in [0.25, 0.3) is 0 Å². The maximum Gasteiger partial charge on any atom is 0.220 e. The van der Waals surface area contributed by atoms with Gasteiger partial charge in [0.15, 0.2) is 0 Å². The summed E-state index contributed by atoms with van der Waals surface area (Å²) in [6, 6.07) is 0. The highest BCUT2D eigenvalue weighted by Gasteiger charge is 2.07. The lowest BCUT2D eigenvalue weighted by Crippen LogP contribution is -2.29. The zero-order valence-electron chi connectivity index (χ0n) is 12.2. The summed E-state index contributed by atoms with van der Waals surface area (Å²) in [5.41, 5.74) is 0. The van der Waals surface area contributed by atoms with Crippen LogP contribution in [-0.4, -0.2) is 36.6 Å². The second kappa shape index (κ2) is 12.0. The molecule has 0 aromatic rings. The van der Waals surface area contributed by atoms with Gasteiger partial charge in [-0.15, -0.1) is 0 Å². The van der Waals surface area contributed by atoms with E-state index in [1.165, 1.54) is 6.92 Å². The van der Waals surface area contributed by atoms with E-state index in [1.54, 1.807) is 0 Å². The number of carbonyl (C=O) groups is 2. The van der Waals surface area contributed by atoms with Crippen molar-refractivity contribution in [3.05, 3.63) is 0 Å². The van der Waals surface area contributed by atoms with Crippen molar-refractivity contribution in [3.63, 3.8) is 0 Å². The molecule has 0 aliphatic heterocycles. The molecule has 1 unspecified atom stereocenters. The molecule has 3 N–H and O–H groups in total. The van der Waals surface area contributed by atoms with Crippen LogP contribution in [0.1, 0.15) is 52.4 Å². The second-order valence-corrected chi connectivity index (χ2v) is 4.88. The summed E-state index contributed by atoms with van der Waals surface area (Å²) < 4.78 is 0. The second-order valence-electron chi connectivity index (χ2n) is 4.88. The van der Waals surface area contributed by atoms with Crippen LogP contribution in [0.15, 0.2) is 0 Å². The minimum absolute atomic E-state index is 0.00719. The van der Waals surface area contributed by atoms with Crippen molar-refractivity contribution in [1.82, 2.24) is 10.6 Å². The fourth-order valence-corrected chi connectivity index (χ4v) is 1.83. The van der Waals surface area contributed by atoms with Crippen molar-refractivity contribution in [2.24, 2.45) is 5.92 Å². The minimum atomic E-state index is -0.00719. The minimum Gasteiger partial charge on any atom is -0.396 e. The summed E-state index contributed by atoms with van der Waals surface area (Å²) in [7, 11) is 0. The standard InChI is InChI=1S/C14H28N2O3/c1-3-13(8-10-17)11-16-14(19)7-5-4-6-9-15-12(2)18/h13,17H,3-11H2,1-2H3,(H,15,18)(H,16,19). The summed E-state index contributed by atoms with van der Waals surface area (Å²) in [5.74, 6) is 0.442. The summed E-state index contributed by atoms with van der Waals surface area (Å²) in [6.45, 7) is 5.09. The Labute approximate surface area is 116 Å². The summed E-state index contributed by atoms with van der Waals surface area (Å²) in [5, 5.41) is 14.5. The highest BCUT2D eigenvalue weighted by Crippen LogP contribution is 2.06. The molecule has 2 amide bonds. The third-order valence-electron chi connectivity index (χ3n) is 3.16. The first-order valence-electron chi connectivity index (χ1n) is 7.22. The fraction of sp³-hybridized carbons (Fsp3) is 0.857. The van der Waals surface area contributed by atoms with Crippen LogP contribution >= 0.6 is 0 Å². The van der Waals surface area contributed by atoms with Crippen molar-refractivity contribution >= 4 is 11.8 Å². The molecule has 0 saturated heterocycles. The molecule has 0 aromatic heterocycles. The number of nitrogens with one attached hydrogen (secondary N) is 2. The van der Waals surface area contributed by atoms with Gasteiger partial charge in [0.1, 0.15) is 0 Å². The smallest absolute Gasteiger partial charge is 0.220 e. The molecule has 0 aliphatic carbocycles. The third-order valence-corrected chi connectivity index (χ3v) is 3.16. The summed E-state index contributed by atoms with van der Waals surface area (Å²) >= 11 is 0. The number of amides is 2. The van der Waals surface area contributed by atoms with Gasteiger partial charge in [-0.1, -0.05) is 19.8 Å². The monoisotopic (exact) mass is 272 g/mol. The summed E-state index contributed by atoms with van der Waals surface area (Å²) in [6.07, 6.45) is 4.96. The van der Waals surface area contributed by atoms with E-state index in [2.05, 4.69) is 17.6 Å². The molecule has 0 aromatic carbocycles. The quantitative estimate of drug-likeness (QED) is 0.495. The van der Waals surface area contributed by atoms with Crippen molar-refractivity contribution < 1.29 is 14.7 Å². The maximum absolute atomic E-state index is 11.6. The zero-order chi connectivity index (χ0) is 14.5. The predicted octanol–water partition coefficient (Wildman–Crippen LogP) is 1.21. The normalized spacial score (nSPS) is 11.9. The van der Waals surface area contributed by atoms with Gasteiger partial charge in [0.2, 0.25) is 11.8 Å². The van der Waals surface area contributed by atoms with Crippen molar-refractivity contribution in [1.29, 1.82) is 0 Å². The highest BCUT2D eigenvalue weighted by molar-refractivity contribution is 5.75. The number of unbranched alkanes of at least 4 members (excludes halogenated alkanes) is 2. The van der Waals surface area contributed by atoms with Gasteiger partial charge >= 0.3 is 0 Å². The Balaban J connectivity index is 3.46. The molecular weight excluding hydrogens is 244 g/mol. The first kappa shape index (κ1) is 17.9. The van der Waals surface area contributed by atoms with E-state index in [4.69, 9.17) is 5.11 Å². The van der Waals surface area contributed by atoms with Crippen LogP contribution in [0.25, 0.3) is 0 Å². The van der Waals surface area contributed by atoms with Crippen LogP contribution in [0.2, 0.25) is 0 Å². The molecule has 112 valence electrons. The van der Waals surface area contributed by atoms with Crippen LogP contribution in [-0.2, 0) is 9.59 Å². The molecule has 0 saturated carbocycles. The number of aliphatic hydroxyl groups is 1. The van der Waals surface area contributed by atoms with Crippen LogP contribution in [0.4, 0.5) is 0 Å². The van der Waals surface area contributed by atoms with Gasteiger partial charge in [0, 0.05) is 33.0 Å². The average molecular weight is 272 g/mol. The van der Waals surface area contributed by atoms with Crippen LogP contribution in [0.3, 0.4) is 0 Å². The molecule has 19 heavy (non-hydrogen) atoms. The average Bonchev–Trinajstić information content (AvgIpc) is 2.38. The Kier molecular flexibility index (Phi) is 11.3. The highest BCUT2D eigenvalue weighted by atomic mass is 16.3. The van der Waals surface area contributed by atoms with Gasteiger partial charge < -0.3 is 15.7 Å². The first-order chi connectivity index (χ1) is 9.10. The molecule has 5 heteroatoms. The van der Waals surface area contributed by atoms with Gasteiger partial charge in [-0.25, -0.2) is 0 Å². The molecule has 1 atom stereocenters. The van der Waals surface area contributed by atoms with Crippen molar-refractivity contribution in [3.8, 4) is 0 Å². The van der Waals surface area contributed by atoms with Gasteiger partial charge in [-0.2, -0.15) is 0 Å². The Morgan fingerprint density at radius 1 is 1.16 bits per heavy atom. The molecule has 0 bridgehead atoms. The molecular formula is C14H28N2O3. The van der Waals surface area contributed by atoms with Crippen LogP contribution in [0, 0.1) is 5.92 Å². The van der Waals surface area contributed by atoms with E-state index >= 15 is 0 Å². The van der Waals surface area contributed by atoms with E-state index in [9.17, 15) is 9.59 Å². The molecule has 0 rings (SSSR count). The molecule has 0 radical (unpaired) electrons. The topological polar surface area (TPSA) is 78.4 Å². The number of carbonyl (C=O) groups excluding carboxylic acids is 2. The molecule has 0 heterocycles. The Bertz CT molecular complexity index is 257. The predicted molar refractivity (Wildman–Crippen MR) is 75.6 cm³/mol.